The zero-order valence-corrected chi connectivity index (χ0v) is 15.3. The average Bonchev–Trinajstić information content (AvgIpc) is 3.11. The Hall–Kier alpha value is -3.00. The Bertz CT molecular complexity index is 897. The molecule has 3 rings (SSSR count). The van der Waals surface area contributed by atoms with Crippen LogP contribution in [0.3, 0.4) is 0 Å². The van der Waals surface area contributed by atoms with Crippen molar-refractivity contribution in [2.75, 3.05) is 17.2 Å². The summed E-state index contributed by atoms with van der Waals surface area (Å²) in [5.74, 6) is 1.53. The molecular weight excluding hydrogens is 350 g/mol. The predicted octanol–water partition coefficient (Wildman–Crippen LogP) is 4.21. The number of aryl methyl sites for hydroxylation is 1. The van der Waals surface area contributed by atoms with E-state index in [9.17, 15) is 4.79 Å². The first-order valence-corrected chi connectivity index (χ1v) is 9.14. The molecule has 0 unspecified atom stereocenters. The van der Waals surface area contributed by atoms with Gasteiger partial charge in [-0.05, 0) is 31.5 Å². The van der Waals surface area contributed by atoms with E-state index >= 15 is 0 Å². The second-order valence-electron chi connectivity index (χ2n) is 5.30. The lowest BCUT2D eigenvalue weighted by Crippen LogP contribution is -2.20. The first-order chi connectivity index (χ1) is 12.7. The highest BCUT2D eigenvalue weighted by atomic mass is 32.1. The number of hydrogen-bond acceptors (Lipinski definition) is 6. The van der Waals surface area contributed by atoms with Crippen molar-refractivity contribution >= 4 is 29.0 Å². The van der Waals surface area contributed by atoms with Crippen molar-refractivity contribution in [3.63, 3.8) is 0 Å². The summed E-state index contributed by atoms with van der Waals surface area (Å²) in [6.45, 7) is 4.47. The molecule has 8 heteroatoms. The fraction of sp³-hybridized carbons (Fsp3) is 0.222. The lowest BCUT2D eigenvalue weighted by atomic mass is 10.3. The second-order valence-corrected chi connectivity index (χ2v) is 6.16. The number of carbonyl (C=O) groups excluding carboxylic acids is 1. The van der Waals surface area contributed by atoms with Crippen molar-refractivity contribution in [3.05, 3.63) is 47.6 Å². The molecule has 0 aromatic carbocycles. The number of aromatic nitrogens is 3. The van der Waals surface area contributed by atoms with Gasteiger partial charge in [0.15, 0.2) is 0 Å². The molecule has 134 valence electrons. The van der Waals surface area contributed by atoms with E-state index in [4.69, 9.17) is 4.74 Å². The molecule has 0 saturated carbocycles. The van der Waals surface area contributed by atoms with Gasteiger partial charge in [0.2, 0.25) is 5.88 Å². The summed E-state index contributed by atoms with van der Waals surface area (Å²) >= 11 is 1.43. The number of amides is 2. The number of anilines is 2. The first-order valence-electron chi connectivity index (χ1n) is 8.26. The van der Waals surface area contributed by atoms with Gasteiger partial charge in [-0.15, -0.1) is 11.3 Å². The number of nitrogens with zero attached hydrogens (tertiary/aromatic N) is 3. The van der Waals surface area contributed by atoms with Crippen LogP contribution in [-0.2, 0) is 6.42 Å². The molecule has 0 saturated heterocycles. The molecule has 0 bridgehead atoms. The SMILES string of the molecule is CCOc1cc(-c2nc(NC(=O)Nc3cccc(CC)n3)cs2)ccn1. The summed E-state index contributed by atoms with van der Waals surface area (Å²) in [6.07, 6.45) is 2.48. The van der Waals surface area contributed by atoms with Crippen molar-refractivity contribution < 1.29 is 9.53 Å². The summed E-state index contributed by atoms with van der Waals surface area (Å²) in [4.78, 5) is 25.1. The Balaban J connectivity index is 1.66. The van der Waals surface area contributed by atoms with Gasteiger partial charge in [-0.1, -0.05) is 13.0 Å². The van der Waals surface area contributed by atoms with Gasteiger partial charge < -0.3 is 4.74 Å². The minimum Gasteiger partial charge on any atom is -0.478 e. The molecule has 0 aliphatic heterocycles. The van der Waals surface area contributed by atoms with Gasteiger partial charge in [0.05, 0.1) is 6.61 Å². The Morgan fingerprint density at radius 1 is 1.15 bits per heavy atom. The molecule has 26 heavy (non-hydrogen) atoms. The minimum atomic E-state index is -0.382. The van der Waals surface area contributed by atoms with E-state index < -0.39 is 0 Å². The van der Waals surface area contributed by atoms with Crippen LogP contribution in [-0.4, -0.2) is 27.6 Å². The highest BCUT2D eigenvalue weighted by molar-refractivity contribution is 7.13. The molecule has 3 aromatic heterocycles. The van der Waals surface area contributed by atoms with Crippen LogP contribution in [0.1, 0.15) is 19.5 Å². The van der Waals surface area contributed by atoms with Crippen molar-refractivity contribution in [2.24, 2.45) is 0 Å². The maximum atomic E-state index is 12.1. The van der Waals surface area contributed by atoms with Crippen LogP contribution in [0.5, 0.6) is 5.88 Å². The smallest absolute Gasteiger partial charge is 0.326 e. The Morgan fingerprint density at radius 2 is 2.00 bits per heavy atom. The van der Waals surface area contributed by atoms with Gasteiger partial charge in [0.1, 0.15) is 16.6 Å². The summed E-state index contributed by atoms with van der Waals surface area (Å²) in [7, 11) is 0. The molecule has 3 aromatic rings. The van der Waals surface area contributed by atoms with Gasteiger partial charge in [0.25, 0.3) is 0 Å². The van der Waals surface area contributed by atoms with E-state index in [0.717, 1.165) is 22.7 Å². The normalized spacial score (nSPS) is 10.4. The summed E-state index contributed by atoms with van der Waals surface area (Å²) in [5.41, 5.74) is 1.81. The summed E-state index contributed by atoms with van der Waals surface area (Å²) in [5, 5.41) is 7.99. The maximum Gasteiger partial charge on any atom is 0.326 e. The van der Waals surface area contributed by atoms with Crippen LogP contribution in [0.2, 0.25) is 0 Å². The lowest BCUT2D eigenvalue weighted by molar-refractivity contribution is 0.262. The molecule has 0 fully saturated rings. The number of pyridine rings is 2. The Kier molecular flexibility index (Phi) is 5.75. The number of nitrogens with one attached hydrogen (secondary N) is 2. The Morgan fingerprint density at radius 3 is 2.81 bits per heavy atom. The molecule has 0 aliphatic carbocycles. The monoisotopic (exact) mass is 369 g/mol. The minimum absolute atomic E-state index is 0.382. The van der Waals surface area contributed by atoms with E-state index in [2.05, 4.69) is 25.6 Å². The standard InChI is InChI=1S/C18H19N5O2S/c1-3-13-6-5-7-14(20-13)22-18(24)23-15-11-26-17(21-15)12-8-9-19-16(10-12)25-4-2/h5-11H,3-4H2,1-2H3,(H2,20,22,23,24). The van der Waals surface area contributed by atoms with E-state index in [1.54, 1.807) is 17.6 Å². The van der Waals surface area contributed by atoms with Gasteiger partial charge in [-0.25, -0.2) is 19.7 Å². The topological polar surface area (TPSA) is 89.0 Å². The maximum absolute atomic E-state index is 12.1. The van der Waals surface area contributed by atoms with Crippen LogP contribution in [0, 0.1) is 0 Å². The molecule has 0 spiro atoms. The zero-order chi connectivity index (χ0) is 18.4. The fourth-order valence-electron chi connectivity index (χ4n) is 2.24. The van der Waals surface area contributed by atoms with Crippen molar-refractivity contribution in [3.8, 4) is 16.5 Å². The Labute approximate surface area is 155 Å². The van der Waals surface area contributed by atoms with Crippen LogP contribution in [0.4, 0.5) is 16.4 Å². The van der Waals surface area contributed by atoms with E-state index in [0.29, 0.717) is 24.1 Å². The van der Waals surface area contributed by atoms with Gasteiger partial charge in [-0.3, -0.25) is 10.6 Å². The number of hydrogen-bond donors (Lipinski definition) is 2. The predicted molar refractivity (Wildman–Crippen MR) is 103 cm³/mol. The quantitative estimate of drug-likeness (QED) is 0.679. The van der Waals surface area contributed by atoms with Gasteiger partial charge in [0, 0.05) is 28.9 Å². The molecule has 2 N–H and O–H groups in total. The highest BCUT2D eigenvalue weighted by Crippen LogP contribution is 2.27. The molecule has 7 nitrogen and oxygen atoms in total. The average molecular weight is 369 g/mol. The molecule has 0 atom stereocenters. The van der Waals surface area contributed by atoms with Gasteiger partial charge in [-0.2, -0.15) is 0 Å². The fourth-order valence-corrected chi connectivity index (χ4v) is 2.99. The molecule has 3 heterocycles. The summed E-state index contributed by atoms with van der Waals surface area (Å²) < 4.78 is 5.40. The van der Waals surface area contributed by atoms with E-state index in [1.165, 1.54) is 11.3 Å². The highest BCUT2D eigenvalue weighted by Gasteiger charge is 2.10. The van der Waals surface area contributed by atoms with E-state index in [-0.39, 0.29) is 6.03 Å². The summed E-state index contributed by atoms with van der Waals surface area (Å²) in [6, 6.07) is 8.82. The molecule has 2 amide bonds. The van der Waals surface area contributed by atoms with Crippen LogP contribution >= 0.6 is 11.3 Å². The largest absolute Gasteiger partial charge is 0.478 e. The lowest BCUT2D eigenvalue weighted by Gasteiger charge is -2.06. The third-order valence-corrected chi connectivity index (χ3v) is 4.32. The van der Waals surface area contributed by atoms with Crippen molar-refractivity contribution in [2.45, 2.75) is 20.3 Å². The number of rotatable bonds is 6. The van der Waals surface area contributed by atoms with E-state index in [1.807, 2.05) is 38.1 Å². The third kappa shape index (κ3) is 4.54. The van der Waals surface area contributed by atoms with Crippen molar-refractivity contribution in [1.29, 1.82) is 0 Å². The van der Waals surface area contributed by atoms with Crippen LogP contribution in [0.25, 0.3) is 10.6 Å². The number of carbonyl (C=O) groups is 1. The number of thiazole rings is 1. The van der Waals surface area contributed by atoms with Crippen molar-refractivity contribution in [1.82, 2.24) is 15.0 Å². The van der Waals surface area contributed by atoms with Crippen LogP contribution < -0.4 is 15.4 Å². The number of ether oxygens (including phenoxy) is 1. The van der Waals surface area contributed by atoms with Crippen LogP contribution in [0.15, 0.2) is 41.9 Å². The molecular formula is C18H19N5O2S. The molecule has 0 aliphatic rings. The first kappa shape index (κ1) is 17.8. The second kappa shape index (κ2) is 8.39. The number of urea groups is 1. The van der Waals surface area contributed by atoms with Gasteiger partial charge >= 0.3 is 6.03 Å². The third-order valence-electron chi connectivity index (χ3n) is 3.43. The molecule has 0 radical (unpaired) electrons. The zero-order valence-electron chi connectivity index (χ0n) is 14.5.